The van der Waals surface area contributed by atoms with Crippen LogP contribution in [0.1, 0.15) is 22.0 Å². The predicted molar refractivity (Wildman–Crippen MR) is 109 cm³/mol. The smallest absolute Gasteiger partial charge is 0.295 e. The Morgan fingerprint density at radius 2 is 1.90 bits per heavy atom. The summed E-state index contributed by atoms with van der Waals surface area (Å²) in [6.45, 7) is 0.262. The molecule has 0 aliphatic carbocycles. The Morgan fingerprint density at radius 1 is 1.14 bits per heavy atom. The van der Waals surface area contributed by atoms with Gasteiger partial charge in [0.15, 0.2) is 0 Å². The van der Waals surface area contributed by atoms with Crippen LogP contribution in [-0.2, 0) is 16.1 Å². The average molecular weight is 406 g/mol. The summed E-state index contributed by atoms with van der Waals surface area (Å²) in [5.74, 6) is -1.05. The van der Waals surface area contributed by atoms with Crippen LogP contribution in [0, 0.1) is 0 Å². The summed E-state index contributed by atoms with van der Waals surface area (Å²) >= 11 is 1.50. The van der Waals surface area contributed by atoms with Crippen LogP contribution in [0.3, 0.4) is 0 Å². The number of carbonyl (C=O) groups is 2. The molecule has 7 heteroatoms. The molecule has 1 atom stereocenters. The third kappa shape index (κ3) is 3.40. The largest absolute Gasteiger partial charge is 0.507 e. The van der Waals surface area contributed by atoms with Crippen LogP contribution >= 0.6 is 11.3 Å². The number of aliphatic hydroxyl groups is 1. The zero-order valence-electron chi connectivity index (χ0n) is 15.6. The number of carbonyl (C=O) groups excluding carboxylic acids is 2. The van der Waals surface area contributed by atoms with Gasteiger partial charge in [0.25, 0.3) is 11.7 Å². The number of nitrogens with zero attached hydrogens (tertiary/aromatic N) is 2. The fraction of sp³-hybridized carbons (Fsp3) is 0.136. The Kier molecular flexibility index (Phi) is 5.14. The van der Waals surface area contributed by atoms with Crippen LogP contribution in [0.4, 0.5) is 0 Å². The maximum Gasteiger partial charge on any atom is 0.295 e. The van der Waals surface area contributed by atoms with Gasteiger partial charge in [-0.1, -0.05) is 24.3 Å². The van der Waals surface area contributed by atoms with Crippen molar-refractivity contribution in [1.82, 2.24) is 9.88 Å². The van der Waals surface area contributed by atoms with E-state index < -0.39 is 17.7 Å². The van der Waals surface area contributed by atoms with E-state index in [0.29, 0.717) is 16.9 Å². The van der Waals surface area contributed by atoms with Gasteiger partial charge in [0, 0.05) is 28.4 Å². The van der Waals surface area contributed by atoms with Crippen molar-refractivity contribution in [2.45, 2.75) is 12.6 Å². The zero-order valence-corrected chi connectivity index (χ0v) is 16.4. The second kappa shape index (κ2) is 7.89. The molecule has 1 aliphatic rings. The first-order valence-corrected chi connectivity index (χ1v) is 9.84. The number of hydrogen-bond donors (Lipinski definition) is 1. The molecule has 1 N–H and O–H groups in total. The quantitative estimate of drug-likeness (QED) is 0.396. The van der Waals surface area contributed by atoms with Gasteiger partial charge in [-0.15, -0.1) is 11.3 Å². The maximum atomic E-state index is 13.0. The standard InChI is InChI=1S/C22H18N2O4S/c1-28-17-7-3-2-6-16(17)19-18(20(25)14-8-10-23-11-9-14)21(26)22(27)24(19)13-15-5-4-12-29-15/h2-12,19,25H,13H2,1H3/b20-18-. The van der Waals surface area contributed by atoms with Gasteiger partial charge in [-0.25, -0.2) is 0 Å². The number of ketones is 1. The Bertz CT molecular complexity index is 1080. The van der Waals surface area contributed by atoms with Gasteiger partial charge in [0.2, 0.25) is 0 Å². The highest BCUT2D eigenvalue weighted by molar-refractivity contribution is 7.09. The number of thiophene rings is 1. The Labute approximate surface area is 171 Å². The molecule has 3 heterocycles. The first-order valence-electron chi connectivity index (χ1n) is 8.96. The molecular formula is C22H18N2O4S. The number of para-hydroxylation sites is 1. The molecule has 146 valence electrons. The number of Topliss-reactive ketones (excluding diaryl/α,β-unsaturated/α-hetero) is 1. The van der Waals surface area contributed by atoms with Crippen molar-refractivity contribution in [2.24, 2.45) is 0 Å². The molecule has 2 aromatic heterocycles. The molecule has 0 radical (unpaired) electrons. The molecule has 1 fully saturated rings. The fourth-order valence-electron chi connectivity index (χ4n) is 3.49. The van der Waals surface area contributed by atoms with Crippen molar-refractivity contribution >= 4 is 28.8 Å². The number of aromatic nitrogens is 1. The summed E-state index contributed by atoms with van der Waals surface area (Å²) in [6, 6.07) is 13.4. The summed E-state index contributed by atoms with van der Waals surface area (Å²) in [4.78, 5) is 32.3. The first kappa shape index (κ1) is 18.9. The number of aliphatic hydroxyl groups excluding tert-OH is 1. The van der Waals surface area contributed by atoms with Crippen molar-refractivity contribution in [3.63, 3.8) is 0 Å². The molecule has 1 unspecified atom stereocenters. The number of ether oxygens (including phenoxy) is 1. The van der Waals surface area contributed by atoms with Crippen LogP contribution in [0.2, 0.25) is 0 Å². The number of hydrogen-bond acceptors (Lipinski definition) is 6. The van der Waals surface area contributed by atoms with Gasteiger partial charge in [-0.2, -0.15) is 0 Å². The number of pyridine rings is 1. The highest BCUT2D eigenvalue weighted by Gasteiger charge is 2.47. The molecule has 0 bridgehead atoms. The number of methoxy groups -OCH3 is 1. The summed E-state index contributed by atoms with van der Waals surface area (Å²) in [6.07, 6.45) is 3.05. The van der Waals surface area contributed by atoms with E-state index in [0.717, 1.165) is 4.88 Å². The molecular weight excluding hydrogens is 388 g/mol. The van der Waals surface area contributed by atoms with Crippen LogP contribution < -0.4 is 4.74 Å². The zero-order chi connectivity index (χ0) is 20.4. The monoisotopic (exact) mass is 406 g/mol. The highest BCUT2D eigenvalue weighted by Crippen LogP contribution is 2.43. The van der Waals surface area contributed by atoms with Crippen LogP contribution in [-0.4, -0.2) is 33.8 Å². The Hall–Kier alpha value is -3.45. The lowest BCUT2D eigenvalue weighted by Gasteiger charge is -2.26. The molecule has 29 heavy (non-hydrogen) atoms. The minimum absolute atomic E-state index is 0.0438. The van der Waals surface area contributed by atoms with E-state index in [-0.39, 0.29) is 17.9 Å². The van der Waals surface area contributed by atoms with E-state index >= 15 is 0 Å². The topological polar surface area (TPSA) is 79.7 Å². The van der Waals surface area contributed by atoms with E-state index in [4.69, 9.17) is 4.74 Å². The third-order valence-electron chi connectivity index (χ3n) is 4.83. The second-order valence-electron chi connectivity index (χ2n) is 6.48. The van der Waals surface area contributed by atoms with Crippen LogP contribution in [0.25, 0.3) is 5.76 Å². The number of benzene rings is 1. The van der Waals surface area contributed by atoms with Gasteiger partial charge in [0.05, 0.1) is 25.3 Å². The summed E-state index contributed by atoms with van der Waals surface area (Å²) in [5, 5.41) is 12.9. The normalized spacial score (nSPS) is 18.2. The van der Waals surface area contributed by atoms with Crippen molar-refractivity contribution in [1.29, 1.82) is 0 Å². The van der Waals surface area contributed by atoms with E-state index in [9.17, 15) is 14.7 Å². The molecule has 6 nitrogen and oxygen atoms in total. The average Bonchev–Trinajstić information content (AvgIpc) is 3.36. The lowest BCUT2D eigenvalue weighted by molar-refractivity contribution is -0.140. The molecule has 1 aliphatic heterocycles. The number of rotatable bonds is 5. The lowest BCUT2D eigenvalue weighted by atomic mass is 9.95. The molecule has 1 saturated heterocycles. The van der Waals surface area contributed by atoms with Crippen molar-refractivity contribution in [2.75, 3.05) is 7.11 Å². The fourth-order valence-corrected chi connectivity index (χ4v) is 4.20. The molecule has 0 spiro atoms. The minimum Gasteiger partial charge on any atom is -0.507 e. The minimum atomic E-state index is -0.763. The van der Waals surface area contributed by atoms with Gasteiger partial charge >= 0.3 is 0 Å². The molecule has 1 aromatic carbocycles. The van der Waals surface area contributed by atoms with Gasteiger partial charge in [0.1, 0.15) is 11.5 Å². The van der Waals surface area contributed by atoms with E-state index in [1.165, 1.54) is 35.7 Å². The number of likely N-dealkylation sites (tertiary alicyclic amines) is 1. The number of amides is 1. The second-order valence-corrected chi connectivity index (χ2v) is 7.52. The van der Waals surface area contributed by atoms with Crippen molar-refractivity contribution in [3.05, 3.63) is 87.9 Å². The van der Waals surface area contributed by atoms with Crippen LogP contribution in [0.5, 0.6) is 5.75 Å². The highest BCUT2D eigenvalue weighted by atomic mass is 32.1. The van der Waals surface area contributed by atoms with Gasteiger partial charge in [-0.05, 0) is 29.6 Å². The van der Waals surface area contributed by atoms with Crippen molar-refractivity contribution in [3.8, 4) is 5.75 Å². The van der Waals surface area contributed by atoms with Crippen molar-refractivity contribution < 1.29 is 19.4 Å². The third-order valence-corrected chi connectivity index (χ3v) is 5.69. The molecule has 1 amide bonds. The maximum absolute atomic E-state index is 13.0. The summed E-state index contributed by atoms with van der Waals surface area (Å²) in [5.41, 5.74) is 1.11. The molecule has 3 aromatic rings. The summed E-state index contributed by atoms with van der Waals surface area (Å²) in [7, 11) is 1.53. The summed E-state index contributed by atoms with van der Waals surface area (Å²) < 4.78 is 5.48. The predicted octanol–water partition coefficient (Wildman–Crippen LogP) is 3.77. The molecule has 4 rings (SSSR count). The van der Waals surface area contributed by atoms with E-state index in [1.54, 1.807) is 24.3 Å². The van der Waals surface area contributed by atoms with E-state index in [2.05, 4.69) is 4.98 Å². The lowest BCUT2D eigenvalue weighted by Crippen LogP contribution is -2.29. The Morgan fingerprint density at radius 3 is 2.59 bits per heavy atom. The first-order chi connectivity index (χ1) is 14.1. The van der Waals surface area contributed by atoms with Gasteiger partial charge < -0.3 is 14.7 Å². The van der Waals surface area contributed by atoms with Gasteiger partial charge in [-0.3, -0.25) is 14.6 Å². The van der Waals surface area contributed by atoms with Crippen LogP contribution in [0.15, 0.2) is 71.9 Å². The Balaban J connectivity index is 1.91. The SMILES string of the molecule is COc1ccccc1C1/C(=C(/O)c2ccncc2)C(=O)C(=O)N1Cc1cccs1. The van der Waals surface area contributed by atoms with E-state index in [1.807, 2.05) is 29.6 Å². The molecule has 0 saturated carbocycles.